The first-order valence-electron chi connectivity index (χ1n) is 8.11. The van der Waals surface area contributed by atoms with E-state index in [0.29, 0.717) is 0 Å². The predicted octanol–water partition coefficient (Wildman–Crippen LogP) is 3.12. The summed E-state index contributed by atoms with van der Waals surface area (Å²) in [5, 5.41) is 12.8. The molecule has 1 aliphatic rings. The van der Waals surface area contributed by atoms with Crippen LogP contribution in [-0.2, 0) is 14.2 Å². The molecule has 0 aromatic rings. The molecule has 0 fully saturated rings. The lowest BCUT2D eigenvalue weighted by atomic mass is 10.1. The number of rotatable bonds is 8. The summed E-state index contributed by atoms with van der Waals surface area (Å²) in [5.41, 5.74) is 0.0835. The fourth-order valence-corrected chi connectivity index (χ4v) is 2.05. The number of nitrogens with one attached hydrogen (secondary N) is 1. The van der Waals surface area contributed by atoms with Crippen molar-refractivity contribution in [3.8, 4) is 0 Å². The maximum atomic E-state index is 12.4. The van der Waals surface area contributed by atoms with Gasteiger partial charge in [0.25, 0.3) is 0 Å². The fourth-order valence-electron chi connectivity index (χ4n) is 2.05. The van der Waals surface area contributed by atoms with Gasteiger partial charge in [0.2, 0.25) is 0 Å². The molecule has 1 rings (SSSR count). The molecule has 0 aromatic heterocycles. The third-order valence-electron chi connectivity index (χ3n) is 3.33. The molecule has 0 bridgehead atoms. The van der Waals surface area contributed by atoms with Crippen LogP contribution in [0.1, 0.15) is 40.5 Å². The third kappa shape index (κ3) is 8.94. The highest BCUT2D eigenvalue weighted by atomic mass is 19.3. The molecule has 2 N–H and O–H groups in total. The number of allylic oxidation sites excluding steroid dienone is 2. The lowest BCUT2D eigenvalue weighted by molar-refractivity contribution is -0.224. The van der Waals surface area contributed by atoms with Crippen molar-refractivity contribution in [1.29, 1.82) is 0 Å². The second-order valence-corrected chi connectivity index (χ2v) is 6.89. The molecule has 0 saturated heterocycles. The van der Waals surface area contributed by atoms with Crippen molar-refractivity contribution in [3.05, 3.63) is 23.8 Å². The molecule has 0 radical (unpaired) electrons. The highest BCUT2D eigenvalue weighted by Crippen LogP contribution is 2.18. The molecule has 6 nitrogen and oxygen atoms in total. The van der Waals surface area contributed by atoms with Crippen molar-refractivity contribution in [3.63, 3.8) is 0 Å². The lowest BCUT2D eigenvalue weighted by Gasteiger charge is -2.34. The number of hydrogen-bond donors (Lipinski definition) is 2. The Bertz CT molecular complexity index is 498. The van der Waals surface area contributed by atoms with Gasteiger partial charge in [-0.3, -0.25) is 0 Å². The molecule has 144 valence electrons. The maximum Gasteiger partial charge on any atom is 0.408 e. The standard InChI is InChI=1S/C17H27F2NO5/c1-16(2,3)25-15(21)20-13(11-23-14(18)19)17(4,22)24-10-12-8-6-5-7-9-12/h6,8-9,13-14,22H,5,7,10-11H2,1-4H3,(H,20,21). The topological polar surface area (TPSA) is 77.0 Å². The molecule has 0 heterocycles. The average Bonchev–Trinajstić information content (AvgIpc) is 2.48. The second-order valence-electron chi connectivity index (χ2n) is 6.89. The van der Waals surface area contributed by atoms with E-state index in [9.17, 15) is 18.7 Å². The highest BCUT2D eigenvalue weighted by molar-refractivity contribution is 5.68. The summed E-state index contributed by atoms with van der Waals surface area (Å²) in [6.45, 7) is 2.65. The maximum absolute atomic E-state index is 12.4. The van der Waals surface area contributed by atoms with Crippen LogP contribution >= 0.6 is 0 Å². The first kappa shape index (κ1) is 21.5. The van der Waals surface area contributed by atoms with Crippen LogP contribution in [0.3, 0.4) is 0 Å². The number of ether oxygens (including phenoxy) is 3. The molecule has 0 spiro atoms. The van der Waals surface area contributed by atoms with Crippen LogP contribution in [0.4, 0.5) is 13.6 Å². The van der Waals surface area contributed by atoms with E-state index in [1.807, 2.05) is 18.2 Å². The number of amides is 1. The van der Waals surface area contributed by atoms with Crippen LogP contribution in [0.2, 0.25) is 0 Å². The molecule has 0 aliphatic heterocycles. The van der Waals surface area contributed by atoms with Crippen molar-refractivity contribution < 1.29 is 32.9 Å². The van der Waals surface area contributed by atoms with E-state index < -0.39 is 36.7 Å². The van der Waals surface area contributed by atoms with Gasteiger partial charge in [-0.1, -0.05) is 18.2 Å². The SMILES string of the molecule is CC(C)(C)OC(=O)NC(COC(F)F)C(C)(O)OCC1=CCCC=C1. The molecule has 1 aliphatic carbocycles. The minimum Gasteiger partial charge on any atom is -0.444 e. The molecule has 1 amide bonds. The number of hydrogen-bond acceptors (Lipinski definition) is 5. The van der Waals surface area contributed by atoms with Crippen LogP contribution in [0, 0.1) is 0 Å². The zero-order valence-electron chi connectivity index (χ0n) is 15.1. The van der Waals surface area contributed by atoms with Gasteiger partial charge in [-0.15, -0.1) is 0 Å². The van der Waals surface area contributed by atoms with E-state index in [2.05, 4.69) is 10.1 Å². The summed E-state index contributed by atoms with van der Waals surface area (Å²) in [7, 11) is 0. The number of alkyl carbamates (subject to hydrolysis) is 1. The van der Waals surface area contributed by atoms with E-state index in [0.717, 1.165) is 18.4 Å². The van der Waals surface area contributed by atoms with Crippen molar-refractivity contribution in [2.45, 2.75) is 64.6 Å². The van der Waals surface area contributed by atoms with Crippen molar-refractivity contribution >= 4 is 6.09 Å². The molecule has 2 unspecified atom stereocenters. The summed E-state index contributed by atoms with van der Waals surface area (Å²) in [6.07, 6.45) is 6.74. The quantitative estimate of drug-likeness (QED) is 0.648. The summed E-state index contributed by atoms with van der Waals surface area (Å²) in [6, 6.07) is -1.25. The largest absolute Gasteiger partial charge is 0.444 e. The molecule has 0 aromatic carbocycles. The number of alkyl halides is 2. The fraction of sp³-hybridized carbons (Fsp3) is 0.706. The average molecular weight is 363 g/mol. The Morgan fingerprint density at radius 1 is 1.32 bits per heavy atom. The van der Waals surface area contributed by atoms with Gasteiger partial charge in [0.05, 0.1) is 13.2 Å². The van der Waals surface area contributed by atoms with Crippen LogP contribution in [0.5, 0.6) is 0 Å². The molecule has 8 heteroatoms. The second kappa shape index (κ2) is 9.26. The molecule has 25 heavy (non-hydrogen) atoms. The van der Waals surface area contributed by atoms with Gasteiger partial charge in [-0.2, -0.15) is 8.78 Å². The summed E-state index contributed by atoms with van der Waals surface area (Å²) < 4.78 is 39.5. The Balaban J connectivity index is 2.71. The van der Waals surface area contributed by atoms with E-state index in [1.54, 1.807) is 20.8 Å². The minimum atomic E-state index is -3.04. The highest BCUT2D eigenvalue weighted by Gasteiger charge is 2.36. The van der Waals surface area contributed by atoms with Gasteiger partial charge in [0.1, 0.15) is 11.6 Å². The number of carbonyl (C=O) groups excluding carboxylic acids is 1. The van der Waals surface area contributed by atoms with Gasteiger partial charge in [-0.05, 0) is 46.1 Å². The predicted molar refractivity (Wildman–Crippen MR) is 88.1 cm³/mol. The normalized spacial score (nSPS) is 18.5. The number of carbonyl (C=O) groups is 1. The third-order valence-corrected chi connectivity index (χ3v) is 3.33. The van der Waals surface area contributed by atoms with E-state index in [-0.39, 0.29) is 6.61 Å². The van der Waals surface area contributed by atoms with Crippen LogP contribution in [-0.4, -0.2) is 48.5 Å². The molecular weight excluding hydrogens is 336 g/mol. The summed E-state index contributed by atoms with van der Waals surface area (Å²) in [5.74, 6) is -1.93. The van der Waals surface area contributed by atoms with Gasteiger partial charge in [0.15, 0.2) is 5.79 Å². The lowest BCUT2D eigenvalue weighted by Crippen LogP contribution is -2.56. The Hall–Kier alpha value is -1.51. The Morgan fingerprint density at radius 2 is 2.00 bits per heavy atom. The number of aliphatic hydroxyl groups is 1. The monoisotopic (exact) mass is 363 g/mol. The number of halogens is 2. The summed E-state index contributed by atoms with van der Waals surface area (Å²) >= 11 is 0. The first-order valence-corrected chi connectivity index (χ1v) is 8.11. The Morgan fingerprint density at radius 3 is 2.52 bits per heavy atom. The van der Waals surface area contributed by atoms with Crippen molar-refractivity contribution in [2.24, 2.45) is 0 Å². The first-order chi connectivity index (χ1) is 11.5. The van der Waals surface area contributed by atoms with Crippen LogP contribution in [0.15, 0.2) is 23.8 Å². The van der Waals surface area contributed by atoms with Crippen molar-refractivity contribution in [2.75, 3.05) is 13.2 Å². The Labute approximate surface area is 146 Å². The van der Waals surface area contributed by atoms with E-state index in [4.69, 9.17) is 9.47 Å². The van der Waals surface area contributed by atoms with Gasteiger partial charge < -0.3 is 24.6 Å². The Kier molecular flexibility index (Phi) is 7.98. The molecule has 2 atom stereocenters. The van der Waals surface area contributed by atoms with Gasteiger partial charge in [0, 0.05) is 0 Å². The van der Waals surface area contributed by atoms with E-state index in [1.165, 1.54) is 6.92 Å². The van der Waals surface area contributed by atoms with Gasteiger partial charge in [-0.25, -0.2) is 4.79 Å². The van der Waals surface area contributed by atoms with Crippen molar-refractivity contribution in [1.82, 2.24) is 5.32 Å². The zero-order chi connectivity index (χ0) is 19.1. The van der Waals surface area contributed by atoms with Crippen LogP contribution < -0.4 is 5.32 Å². The smallest absolute Gasteiger partial charge is 0.408 e. The molecule has 0 saturated carbocycles. The summed E-state index contributed by atoms with van der Waals surface area (Å²) in [4.78, 5) is 11.9. The molecular formula is C17H27F2NO5. The van der Waals surface area contributed by atoms with Gasteiger partial charge >= 0.3 is 12.7 Å². The minimum absolute atomic E-state index is 0.0741. The van der Waals surface area contributed by atoms with Crippen LogP contribution in [0.25, 0.3) is 0 Å². The zero-order valence-corrected chi connectivity index (χ0v) is 15.1. The van der Waals surface area contributed by atoms with E-state index >= 15 is 0 Å².